The Labute approximate surface area is 176 Å². The Morgan fingerprint density at radius 1 is 1.17 bits per heavy atom. The molecule has 0 amide bonds. The summed E-state index contributed by atoms with van der Waals surface area (Å²) < 4.78 is 37.6. The van der Waals surface area contributed by atoms with E-state index in [0.717, 1.165) is 15.6 Å². The molecule has 0 saturated carbocycles. The van der Waals surface area contributed by atoms with Crippen molar-refractivity contribution in [2.45, 2.75) is 4.90 Å². The van der Waals surface area contributed by atoms with Gasteiger partial charge in [0.05, 0.1) is 36.4 Å². The molecule has 0 aliphatic heterocycles. The number of thiazole rings is 1. The first kappa shape index (κ1) is 21.5. The molecule has 0 spiro atoms. The van der Waals surface area contributed by atoms with Crippen LogP contribution in [0.2, 0.25) is 0 Å². The molecule has 10 nitrogen and oxygen atoms in total. The van der Waals surface area contributed by atoms with Gasteiger partial charge in [-0.15, -0.1) is 11.3 Å². The molecule has 1 heterocycles. The van der Waals surface area contributed by atoms with E-state index < -0.39 is 14.9 Å². The van der Waals surface area contributed by atoms with Crippen LogP contribution in [-0.2, 0) is 10.0 Å². The van der Waals surface area contributed by atoms with E-state index in [-0.39, 0.29) is 28.1 Å². The van der Waals surface area contributed by atoms with Gasteiger partial charge in [0.2, 0.25) is 5.13 Å². The van der Waals surface area contributed by atoms with Crippen LogP contribution >= 0.6 is 11.3 Å². The Morgan fingerprint density at radius 2 is 1.90 bits per heavy atom. The van der Waals surface area contributed by atoms with Crippen molar-refractivity contribution in [2.24, 2.45) is 5.73 Å². The molecule has 3 rings (SSSR count). The molecule has 30 heavy (non-hydrogen) atoms. The van der Waals surface area contributed by atoms with Crippen LogP contribution in [0.3, 0.4) is 0 Å². The molecule has 12 heteroatoms. The predicted molar refractivity (Wildman–Crippen MR) is 112 cm³/mol. The van der Waals surface area contributed by atoms with Gasteiger partial charge in [-0.25, -0.2) is 17.7 Å². The van der Waals surface area contributed by atoms with E-state index in [2.05, 4.69) is 4.98 Å². The van der Waals surface area contributed by atoms with Gasteiger partial charge in [0.15, 0.2) is 11.5 Å². The maximum atomic E-state index is 13.1. The summed E-state index contributed by atoms with van der Waals surface area (Å²) in [6, 6.07) is 10.1. The normalized spacial score (nSPS) is 11.2. The third-order valence-corrected chi connectivity index (χ3v) is 6.90. The molecular weight excluding hydrogens is 432 g/mol. The van der Waals surface area contributed by atoms with E-state index in [9.17, 15) is 18.5 Å². The minimum atomic E-state index is -4.04. The van der Waals surface area contributed by atoms with Gasteiger partial charge in [-0.1, -0.05) is 12.1 Å². The lowest BCUT2D eigenvalue weighted by atomic mass is 10.1. The van der Waals surface area contributed by atoms with E-state index in [0.29, 0.717) is 17.0 Å². The summed E-state index contributed by atoms with van der Waals surface area (Å²) in [6.07, 6.45) is 0. The highest BCUT2D eigenvalue weighted by molar-refractivity contribution is 7.93. The van der Waals surface area contributed by atoms with Crippen molar-refractivity contribution < 1.29 is 22.8 Å². The summed E-state index contributed by atoms with van der Waals surface area (Å²) in [4.78, 5) is 14.8. The van der Waals surface area contributed by atoms with Gasteiger partial charge in [-0.2, -0.15) is 0 Å². The van der Waals surface area contributed by atoms with Crippen LogP contribution in [0, 0.1) is 10.1 Å². The molecule has 0 aliphatic carbocycles. The summed E-state index contributed by atoms with van der Waals surface area (Å²) in [5.74, 6) is 0.643. The number of nitro benzene ring substituents is 1. The summed E-state index contributed by atoms with van der Waals surface area (Å²) in [6.45, 7) is -0.349. The van der Waals surface area contributed by atoms with E-state index in [1.807, 2.05) is 0 Å². The lowest BCUT2D eigenvalue weighted by molar-refractivity contribution is -0.384. The summed E-state index contributed by atoms with van der Waals surface area (Å²) in [7, 11) is -1.19. The van der Waals surface area contributed by atoms with Crippen molar-refractivity contribution >= 4 is 32.2 Å². The molecule has 0 bridgehead atoms. The van der Waals surface area contributed by atoms with Gasteiger partial charge in [0.25, 0.3) is 15.7 Å². The van der Waals surface area contributed by atoms with Crippen LogP contribution in [-0.4, -0.2) is 39.2 Å². The lowest BCUT2D eigenvalue weighted by Crippen LogP contribution is -2.36. The first-order chi connectivity index (χ1) is 14.3. The van der Waals surface area contributed by atoms with Gasteiger partial charge in [0, 0.05) is 29.1 Å². The Morgan fingerprint density at radius 3 is 2.53 bits per heavy atom. The third-order valence-electron chi connectivity index (χ3n) is 4.17. The molecule has 0 saturated heterocycles. The van der Waals surface area contributed by atoms with Crippen LogP contribution < -0.4 is 19.5 Å². The van der Waals surface area contributed by atoms with Crippen molar-refractivity contribution in [2.75, 3.05) is 25.2 Å². The number of ether oxygens (including phenoxy) is 2. The fourth-order valence-electron chi connectivity index (χ4n) is 2.67. The average molecular weight is 450 g/mol. The third kappa shape index (κ3) is 4.06. The topological polar surface area (TPSA) is 138 Å². The SMILES string of the molecule is COc1ccc(S(=O)(=O)N(CN)c2nc(-c3cccc([N+](=O)[O-])c3)cs2)cc1OC. The second-order valence-corrected chi connectivity index (χ2v) is 8.57. The molecule has 0 radical (unpaired) electrons. The number of nitro groups is 1. The molecule has 2 aromatic carbocycles. The Balaban J connectivity index is 1.99. The molecule has 0 atom stereocenters. The number of hydrogen-bond acceptors (Lipinski definition) is 9. The maximum absolute atomic E-state index is 13.1. The van der Waals surface area contributed by atoms with E-state index in [1.54, 1.807) is 11.4 Å². The zero-order valence-corrected chi connectivity index (χ0v) is 17.6. The first-order valence-corrected chi connectivity index (χ1v) is 10.8. The molecule has 2 N–H and O–H groups in total. The second-order valence-electron chi connectivity index (χ2n) is 5.88. The number of methoxy groups -OCH3 is 2. The molecule has 1 aromatic heterocycles. The summed E-state index contributed by atoms with van der Waals surface area (Å²) in [5, 5.41) is 12.7. The Hall–Kier alpha value is -3.22. The summed E-state index contributed by atoms with van der Waals surface area (Å²) in [5.41, 5.74) is 6.54. The maximum Gasteiger partial charge on any atom is 0.270 e. The van der Waals surface area contributed by atoms with Gasteiger partial charge in [-0.3, -0.25) is 10.1 Å². The highest BCUT2D eigenvalue weighted by Crippen LogP contribution is 2.34. The smallest absolute Gasteiger partial charge is 0.270 e. The molecule has 0 aliphatic rings. The zero-order chi connectivity index (χ0) is 21.9. The zero-order valence-electron chi connectivity index (χ0n) is 16.0. The standard InChI is InChI=1S/C18H18N4O6S2/c1-27-16-7-6-14(9-17(16)28-2)30(25,26)21(11-19)18-20-15(10-29-18)12-4-3-5-13(8-12)22(23)24/h3-10H,11,19H2,1-2H3. The lowest BCUT2D eigenvalue weighted by Gasteiger charge is -2.20. The van der Waals surface area contributed by atoms with Crippen LogP contribution in [0.5, 0.6) is 11.5 Å². The van der Waals surface area contributed by atoms with Crippen LogP contribution in [0.25, 0.3) is 11.3 Å². The molecule has 158 valence electrons. The van der Waals surface area contributed by atoms with Crippen LogP contribution in [0.4, 0.5) is 10.8 Å². The number of anilines is 1. The number of non-ortho nitro benzene ring substituents is 1. The van der Waals surface area contributed by atoms with Gasteiger partial charge in [0.1, 0.15) is 0 Å². The highest BCUT2D eigenvalue weighted by atomic mass is 32.2. The number of aromatic nitrogens is 1. The number of rotatable bonds is 8. The molecular formula is C18H18N4O6S2. The van der Waals surface area contributed by atoms with Crippen LogP contribution in [0.1, 0.15) is 0 Å². The number of benzene rings is 2. The van der Waals surface area contributed by atoms with Crippen molar-refractivity contribution in [1.29, 1.82) is 0 Å². The van der Waals surface area contributed by atoms with E-state index in [4.69, 9.17) is 15.2 Å². The highest BCUT2D eigenvalue weighted by Gasteiger charge is 2.28. The number of sulfonamides is 1. The largest absolute Gasteiger partial charge is 0.493 e. The number of nitrogens with two attached hydrogens (primary N) is 1. The Kier molecular flexibility index (Phi) is 6.20. The number of nitrogens with zero attached hydrogens (tertiary/aromatic N) is 3. The quantitative estimate of drug-likeness (QED) is 0.314. The van der Waals surface area contributed by atoms with Gasteiger partial charge < -0.3 is 15.2 Å². The van der Waals surface area contributed by atoms with Crippen molar-refractivity contribution in [1.82, 2.24) is 4.98 Å². The molecule has 0 unspecified atom stereocenters. The fraction of sp³-hybridized carbons (Fsp3) is 0.167. The monoisotopic (exact) mass is 450 g/mol. The Bertz CT molecular complexity index is 1180. The minimum absolute atomic E-state index is 0.0438. The van der Waals surface area contributed by atoms with E-state index >= 15 is 0 Å². The van der Waals surface area contributed by atoms with Crippen molar-refractivity contribution in [3.63, 3.8) is 0 Å². The second kappa shape index (κ2) is 8.65. The summed E-state index contributed by atoms with van der Waals surface area (Å²) >= 11 is 1.06. The minimum Gasteiger partial charge on any atom is -0.493 e. The van der Waals surface area contributed by atoms with Crippen LogP contribution in [0.15, 0.2) is 52.7 Å². The van der Waals surface area contributed by atoms with Crippen molar-refractivity contribution in [3.05, 3.63) is 58.0 Å². The first-order valence-electron chi connectivity index (χ1n) is 8.47. The fourth-order valence-corrected chi connectivity index (χ4v) is 5.04. The van der Waals surface area contributed by atoms with Gasteiger partial charge >= 0.3 is 0 Å². The van der Waals surface area contributed by atoms with Gasteiger partial charge in [-0.05, 0) is 12.1 Å². The van der Waals surface area contributed by atoms with E-state index in [1.165, 1.54) is 50.6 Å². The molecule has 0 fully saturated rings. The van der Waals surface area contributed by atoms with Crippen molar-refractivity contribution in [3.8, 4) is 22.8 Å². The predicted octanol–water partition coefficient (Wildman–Crippen LogP) is 2.85. The number of hydrogen-bond donors (Lipinski definition) is 1. The average Bonchev–Trinajstić information content (AvgIpc) is 3.23. The molecule has 3 aromatic rings.